The van der Waals surface area contributed by atoms with Crippen LogP contribution >= 0.6 is 0 Å². The molecule has 3 nitrogen and oxygen atoms in total. The van der Waals surface area contributed by atoms with Gasteiger partial charge >= 0.3 is 0 Å². The highest BCUT2D eigenvalue weighted by molar-refractivity contribution is 5.81. The van der Waals surface area contributed by atoms with E-state index in [1.54, 1.807) is 0 Å². The summed E-state index contributed by atoms with van der Waals surface area (Å²) in [6.45, 7) is 2.18. The third-order valence-electron chi connectivity index (χ3n) is 4.72. The number of hydrogen-bond donors (Lipinski definition) is 1. The molecule has 1 heterocycles. The lowest BCUT2D eigenvalue weighted by atomic mass is 9.84. The Labute approximate surface area is 114 Å². The zero-order valence-corrected chi connectivity index (χ0v) is 11.8. The van der Waals surface area contributed by atoms with Crippen LogP contribution in [0.1, 0.15) is 38.3 Å². The van der Waals surface area contributed by atoms with Crippen LogP contribution in [0.3, 0.4) is 0 Å². The lowest BCUT2D eigenvalue weighted by Crippen LogP contribution is -2.35. The van der Waals surface area contributed by atoms with Crippen molar-refractivity contribution in [2.45, 2.75) is 44.6 Å². The van der Waals surface area contributed by atoms with Crippen LogP contribution in [-0.2, 0) is 13.5 Å². The van der Waals surface area contributed by atoms with Crippen molar-refractivity contribution in [2.75, 3.05) is 0 Å². The number of aliphatic hydroxyl groups is 1. The van der Waals surface area contributed by atoms with Crippen molar-refractivity contribution in [3.63, 3.8) is 0 Å². The first kappa shape index (κ1) is 12.7. The Balaban J connectivity index is 1.97. The van der Waals surface area contributed by atoms with Crippen LogP contribution in [-0.4, -0.2) is 20.5 Å². The highest BCUT2D eigenvalue weighted by Gasteiger charge is 2.40. The summed E-state index contributed by atoms with van der Waals surface area (Å²) in [7, 11) is 1.97. The van der Waals surface area contributed by atoms with Gasteiger partial charge < -0.3 is 5.11 Å². The molecule has 3 rings (SSSR count). The average Bonchev–Trinajstić information content (AvgIpc) is 2.92. The number of nitrogens with zero attached hydrogens (tertiary/aromatic N) is 2. The summed E-state index contributed by atoms with van der Waals surface area (Å²) < 4.78 is 1.92. The van der Waals surface area contributed by atoms with Crippen molar-refractivity contribution in [1.82, 2.24) is 9.78 Å². The molecule has 0 amide bonds. The van der Waals surface area contributed by atoms with Gasteiger partial charge in [-0.05, 0) is 24.8 Å². The highest BCUT2D eigenvalue weighted by atomic mass is 16.3. The summed E-state index contributed by atoms with van der Waals surface area (Å²) >= 11 is 0. The number of aryl methyl sites for hydroxylation is 1. The molecule has 1 aromatic carbocycles. The molecular weight excluding hydrogens is 236 g/mol. The van der Waals surface area contributed by atoms with Gasteiger partial charge in [0.15, 0.2) is 0 Å². The van der Waals surface area contributed by atoms with Gasteiger partial charge in [0, 0.05) is 18.9 Å². The normalized spacial score (nSPS) is 27.2. The quantitative estimate of drug-likeness (QED) is 0.919. The van der Waals surface area contributed by atoms with Gasteiger partial charge in [-0.15, -0.1) is 0 Å². The Morgan fingerprint density at radius 2 is 2.21 bits per heavy atom. The van der Waals surface area contributed by atoms with Gasteiger partial charge in [-0.1, -0.05) is 38.0 Å². The second-order valence-corrected chi connectivity index (χ2v) is 5.87. The van der Waals surface area contributed by atoms with Crippen LogP contribution in [0.4, 0.5) is 0 Å². The molecule has 1 aliphatic carbocycles. The molecule has 2 unspecified atom stereocenters. The van der Waals surface area contributed by atoms with E-state index in [1.807, 2.05) is 23.9 Å². The molecule has 0 radical (unpaired) electrons. The molecule has 0 bridgehead atoms. The Hall–Kier alpha value is -1.35. The first-order valence-corrected chi connectivity index (χ1v) is 7.27. The van der Waals surface area contributed by atoms with Crippen molar-refractivity contribution in [2.24, 2.45) is 13.0 Å². The van der Waals surface area contributed by atoms with E-state index in [0.717, 1.165) is 36.9 Å². The Kier molecular flexibility index (Phi) is 3.09. The molecule has 1 N–H and O–H groups in total. The van der Waals surface area contributed by atoms with E-state index in [2.05, 4.69) is 24.2 Å². The van der Waals surface area contributed by atoms with E-state index < -0.39 is 5.60 Å². The van der Waals surface area contributed by atoms with Crippen molar-refractivity contribution < 1.29 is 5.11 Å². The minimum Gasteiger partial charge on any atom is -0.389 e. The van der Waals surface area contributed by atoms with Crippen molar-refractivity contribution in [1.29, 1.82) is 0 Å². The number of benzene rings is 1. The highest BCUT2D eigenvalue weighted by Crippen LogP contribution is 2.40. The van der Waals surface area contributed by atoms with Crippen LogP contribution in [0.25, 0.3) is 10.9 Å². The second kappa shape index (κ2) is 4.64. The van der Waals surface area contributed by atoms with Crippen molar-refractivity contribution in [3.8, 4) is 0 Å². The number of hydrogen-bond acceptors (Lipinski definition) is 2. The monoisotopic (exact) mass is 258 g/mol. The van der Waals surface area contributed by atoms with Gasteiger partial charge in [0.05, 0.1) is 16.8 Å². The lowest BCUT2D eigenvalue weighted by Gasteiger charge is -2.28. The van der Waals surface area contributed by atoms with Crippen LogP contribution in [0.2, 0.25) is 0 Å². The van der Waals surface area contributed by atoms with Gasteiger partial charge in [-0.25, -0.2) is 0 Å². The summed E-state index contributed by atoms with van der Waals surface area (Å²) in [5.41, 5.74) is 1.64. The van der Waals surface area contributed by atoms with E-state index in [4.69, 9.17) is 0 Å². The summed E-state index contributed by atoms with van der Waals surface area (Å²) in [6, 6.07) is 8.27. The number of fused-ring (bicyclic) bond motifs is 1. The molecule has 3 heteroatoms. The van der Waals surface area contributed by atoms with E-state index >= 15 is 0 Å². The summed E-state index contributed by atoms with van der Waals surface area (Å²) in [4.78, 5) is 0. The first-order chi connectivity index (χ1) is 9.14. The average molecular weight is 258 g/mol. The smallest absolute Gasteiger partial charge is 0.0731 e. The predicted molar refractivity (Wildman–Crippen MR) is 77.0 cm³/mol. The fraction of sp³-hybridized carbons (Fsp3) is 0.562. The summed E-state index contributed by atoms with van der Waals surface area (Å²) in [6.07, 6.45) is 4.95. The van der Waals surface area contributed by atoms with Gasteiger partial charge in [-0.2, -0.15) is 5.10 Å². The maximum atomic E-state index is 10.9. The van der Waals surface area contributed by atoms with Crippen molar-refractivity contribution in [3.05, 3.63) is 30.0 Å². The molecule has 2 atom stereocenters. The fourth-order valence-corrected chi connectivity index (χ4v) is 3.65. The van der Waals surface area contributed by atoms with E-state index in [-0.39, 0.29) is 0 Å². The Bertz CT molecular complexity index is 589. The summed E-state index contributed by atoms with van der Waals surface area (Å²) in [5, 5.41) is 16.7. The molecular formula is C16H22N2O. The minimum absolute atomic E-state index is 0.424. The molecule has 1 fully saturated rings. The van der Waals surface area contributed by atoms with E-state index in [0.29, 0.717) is 12.3 Å². The molecule has 0 spiro atoms. The molecule has 102 valence electrons. The molecule has 1 saturated carbocycles. The van der Waals surface area contributed by atoms with E-state index in [1.165, 1.54) is 5.39 Å². The molecule has 1 aliphatic rings. The maximum absolute atomic E-state index is 10.9. The zero-order valence-electron chi connectivity index (χ0n) is 11.8. The molecule has 2 aromatic rings. The lowest BCUT2D eigenvalue weighted by molar-refractivity contribution is 0.000808. The van der Waals surface area contributed by atoms with Gasteiger partial charge in [0.25, 0.3) is 0 Å². The van der Waals surface area contributed by atoms with Crippen LogP contribution in [0, 0.1) is 5.92 Å². The first-order valence-electron chi connectivity index (χ1n) is 7.27. The standard InChI is InChI=1S/C16H22N2O/c1-3-12-7-6-10-16(12,19)11-14-13-8-4-5-9-15(13)18(2)17-14/h4-5,8-9,12,19H,3,6-7,10-11H2,1-2H3. The Morgan fingerprint density at radius 3 is 3.00 bits per heavy atom. The summed E-state index contributed by atoms with van der Waals surface area (Å²) in [5.74, 6) is 0.424. The Morgan fingerprint density at radius 1 is 1.42 bits per heavy atom. The molecule has 1 aromatic heterocycles. The number of aromatic nitrogens is 2. The van der Waals surface area contributed by atoms with Crippen LogP contribution < -0.4 is 0 Å². The third kappa shape index (κ3) is 2.06. The van der Waals surface area contributed by atoms with Gasteiger partial charge in [-0.3, -0.25) is 4.68 Å². The molecule has 19 heavy (non-hydrogen) atoms. The zero-order chi connectivity index (χ0) is 13.5. The largest absolute Gasteiger partial charge is 0.389 e. The number of rotatable bonds is 3. The van der Waals surface area contributed by atoms with Crippen molar-refractivity contribution >= 4 is 10.9 Å². The van der Waals surface area contributed by atoms with Crippen LogP contribution in [0.15, 0.2) is 24.3 Å². The topological polar surface area (TPSA) is 38.1 Å². The van der Waals surface area contributed by atoms with Gasteiger partial charge in [0.1, 0.15) is 0 Å². The van der Waals surface area contributed by atoms with E-state index in [9.17, 15) is 5.11 Å². The molecule has 0 saturated heterocycles. The SMILES string of the molecule is CCC1CCCC1(O)Cc1nn(C)c2ccccc12. The third-order valence-corrected chi connectivity index (χ3v) is 4.72. The predicted octanol–water partition coefficient (Wildman–Crippen LogP) is 3.06. The number of para-hydroxylation sites is 1. The van der Waals surface area contributed by atoms with Gasteiger partial charge in [0.2, 0.25) is 0 Å². The maximum Gasteiger partial charge on any atom is 0.0731 e. The molecule has 0 aliphatic heterocycles. The van der Waals surface area contributed by atoms with Crippen LogP contribution in [0.5, 0.6) is 0 Å². The second-order valence-electron chi connectivity index (χ2n) is 5.87. The minimum atomic E-state index is -0.550. The fourth-order valence-electron chi connectivity index (χ4n) is 3.65.